The average Bonchev–Trinajstić information content (AvgIpc) is 3.61. The molecule has 1 saturated carbocycles. The van der Waals surface area contributed by atoms with Gasteiger partial charge in [-0.2, -0.15) is 0 Å². The van der Waals surface area contributed by atoms with Gasteiger partial charge in [-0.15, -0.1) is 0 Å². The lowest BCUT2D eigenvalue weighted by Crippen LogP contribution is -2.57. The normalized spacial score (nSPS) is 24.1. The lowest BCUT2D eigenvalue weighted by molar-refractivity contribution is -0.140. The van der Waals surface area contributed by atoms with Gasteiger partial charge in [-0.3, -0.25) is 14.5 Å². The monoisotopic (exact) mass is 433 g/mol. The van der Waals surface area contributed by atoms with Crippen LogP contribution in [0.1, 0.15) is 24.8 Å². The first kappa shape index (κ1) is 21.0. The van der Waals surface area contributed by atoms with Gasteiger partial charge >= 0.3 is 0 Å². The molecule has 5 rings (SSSR count). The van der Waals surface area contributed by atoms with Crippen molar-refractivity contribution in [2.24, 2.45) is 5.92 Å². The SMILES string of the molecule is COc1cccc(N2CC(C(=O)N3CCN(C4CC4)CC3Cc3ccccc3)CC2=O)c1. The van der Waals surface area contributed by atoms with Crippen LogP contribution in [0.3, 0.4) is 0 Å². The van der Waals surface area contributed by atoms with E-state index in [1.807, 2.05) is 30.3 Å². The van der Waals surface area contributed by atoms with Gasteiger partial charge in [-0.05, 0) is 37.0 Å². The zero-order chi connectivity index (χ0) is 22.1. The second-order valence-corrected chi connectivity index (χ2v) is 9.21. The fraction of sp³-hybridized carbons (Fsp3) is 0.462. The van der Waals surface area contributed by atoms with Crippen LogP contribution in [-0.4, -0.2) is 67.0 Å². The smallest absolute Gasteiger partial charge is 0.228 e. The van der Waals surface area contributed by atoms with Crippen LogP contribution in [0, 0.1) is 5.92 Å². The molecular formula is C26H31N3O3. The van der Waals surface area contributed by atoms with Crippen LogP contribution < -0.4 is 9.64 Å². The molecule has 2 atom stereocenters. The predicted molar refractivity (Wildman–Crippen MR) is 124 cm³/mol. The number of hydrogen-bond acceptors (Lipinski definition) is 4. The molecule has 0 bridgehead atoms. The number of hydrogen-bond donors (Lipinski definition) is 0. The average molecular weight is 434 g/mol. The summed E-state index contributed by atoms with van der Waals surface area (Å²) in [7, 11) is 1.62. The van der Waals surface area contributed by atoms with Gasteiger partial charge in [0.05, 0.1) is 13.0 Å². The minimum Gasteiger partial charge on any atom is -0.497 e. The van der Waals surface area contributed by atoms with E-state index in [0.717, 1.165) is 31.7 Å². The summed E-state index contributed by atoms with van der Waals surface area (Å²) in [5, 5.41) is 0. The number of carbonyl (C=O) groups excluding carboxylic acids is 2. The molecule has 2 heterocycles. The number of nitrogens with zero attached hydrogens (tertiary/aromatic N) is 3. The van der Waals surface area contributed by atoms with E-state index >= 15 is 0 Å². The quantitative estimate of drug-likeness (QED) is 0.703. The molecule has 2 aromatic rings. The minimum absolute atomic E-state index is 0.00725. The minimum atomic E-state index is -0.292. The Labute approximate surface area is 189 Å². The number of carbonyl (C=O) groups is 2. The molecule has 2 saturated heterocycles. The first-order valence-electron chi connectivity index (χ1n) is 11.7. The molecule has 2 aromatic carbocycles. The molecule has 32 heavy (non-hydrogen) atoms. The van der Waals surface area contributed by atoms with Crippen molar-refractivity contribution in [3.63, 3.8) is 0 Å². The molecule has 3 fully saturated rings. The van der Waals surface area contributed by atoms with Crippen molar-refractivity contribution in [3.8, 4) is 5.75 Å². The molecule has 3 aliphatic rings. The fourth-order valence-corrected chi connectivity index (χ4v) is 5.14. The van der Waals surface area contributed by atoms with Crippen LogP contribution in [0.4, 0.5) is 5.69 Å². The molecule has 2 amide bonds. The molecule has 0 aromatic heterocycles. The number of ether oxygens (including phenoxy) is 1. The van der Waals surface area contributed by atoms with Crippen LogP contribution in [0.15, 0.2) is 54.6 Å². The molecule has 6 heteroatoms. The van der Waals surface area contributed by atoms with Crippen LogP contribution in [0.2, 0.25) is 0 Å². The molecular weight excluding hydrogens is 402 g/mol. The lowest BCUT2D eigenvalue weighted by Gasteiger charge is -2.42. The Morgan fingerprint density at radius 2 is 1.84 bits per heavy atom. The topological polar surface area (TPSA) is 53.1 Å². The van der Waals surface area contributed by atoms with Gasteiger partial charge in [0, 0.05) is 56.4 Å². The van der Waals surface area contributed by atoms with E-state index in [1.165, 1.54) is 18.4 Å². The van der Waals surface area contributed by atoms with Gasteiger partial charge in [-0.25, -0.2) is 0 Å². The summed E-state index contributed by atoms with van der Waals surface area (Å²) in [4.78, 5) is 32.8. The number of anilines is 1. The van der Waals surface area contributed by atoms with Crippen molar-refractivity contribution in [2.45, 2.75) is 37.8 Å². The second kappa shape index (κ2) is 8.94. The maximum Gasteiger partial charge on any atom is 0.228 e. The van der Waals surface area contributed by atoms with Crippen LogP contribution in [0.25, 0.3) is 0 Å². The number of methoxy groups -OCH3 is 1. The molecule has 168 valence electrons. The second-order valence-electron chi connectivity index (χ2n) is 9.21. The van der Waals surface area contributed by atoms with E-state index in [-0.39, 0.29) is 30.2 Å². The summed E-state index contributed by atoms with van der Waals surface area (Å²) < 4.78 is 5.31. The van der Waals surface area contributed by atoms with Gasteiger partial charge in [0.15, 0.2) is 0 Å². The number of piperazine rings is 1. The molecule has 2 aliphatic heterocycles. The van der Waals surface area contributed by atoms with Gasteiger partial charge < -0.3 is 14.5 Å². The third kappa shape index (κ3) is 4.37. The lowest BCUT2D eigenvalue weighted by atomic mass is 9.98. The van der Waals surface area contributed by atoms with Crippen molar-refractivity contribution in [1.29, 1.82) is 0 Å². The van der Waals surface area contributed by atoms with Gasteiger partial charge in [0.1, 0.15) is 5.75 Å². The standard InChI is InChI=1S/C26H31N3O3/c1-32-24-9-5-8-22(16-24)29-17-20(15-25(29)30)26(31)28-13-12-27(21-10-11-21)18-23(28)14-19-6-3-2-4-7-19/h2-9,16,20-21,23H,10-15,17-18H2,1H3. The van der Waals surface area contributed by atoms with Crippen molar-refractivity contribution < 1.29 is 14.3 Å². The van der Waals surface area contributed by atoms with E-state index in [2.05, 4.69) is 34.1 Å². The predicted octanol–water partition coefficient (Wildman–Crippen LogP) is 2.97. The van der Waals surface area contributed by atoms with Gasteiger partial charge in [0.25, 0.3) is 0 Å². The van der Waals surface area contributed by atoms with Crippen LogP contribution >= 0.6 is 0 Å². The van der Waals surface area contributed by atoms with E-state index in [9.17, 15) is 9.59 Å². The largest absolute Gasteiger partial charge is 0.497 e. The van der Waals surface area contributed by atoms with E-state index in [0.29, 0.717) is 18.3 Å². The molecule has 0 radical (unpaired) electrons. The van der Waals surface area contributed by atoms with Gasteiger partial charge in [0.2, 0.25) is 11.8 Å². The first-order chi connectivity index (χ1) is 15.6. The summed E-state index contributed by atoms with van der Waals surface area (Å²) in [6.07, 6.45) is 3.68. The summed E-state index contributed by atoms with van der Waals surface area (Å²) in [5.74, 6) is 0.552. The van der Waals surface area contributed by atoms with Crippen molar-refractivity contribution in [2.75, 3.05) is 38.2 Å². The number of amides is 2. The van der Waals surface area contributed by atoms with Crippen LogP contribution in [-0.2, 0) is 16.0 Å². The highest BCUT2D eigenvalue weighted by Gasteiger charge is 2.42. The molecule has 1 aliphatic carbocycles. The molecule has 6 nitrogen and oxygen atoms in total. The highest BCUT2D eigenvalue weighted by molar-refractivity contribution is 6.00. The summed E-state index contributed by atoms with van der Waals surface area (Å²) in [6.45, 7) is 3.04. The Balaban J connectivity index is 1.31. The Kier molecular flexibility index (Phi) is 5.87. The van der Waals surface area contributed by atoms with E-state index in [1.54, 1.807) is 12.0 Å². The van der Waals surface area contributed by atoms with E-state index < -0.39 is 0 Å². The molecule has 2 unspecified atom stereocenters. The van der Waals surface area contributed by atoms with Crippen LogP contribution in [0.5, 0.6) is 5.75 Å². The zero-order valence-electron chi connectivity index (χ0n) is 18.7. The molecule has 0 spiro atoms. The first-order valence-corrected chi connectivity index (χ1v) is 11.7. The van der Waals surface area contributed by atoms with Crippen molar-refractivity contribution in [3.05, 3.63) is 60.2 Å². The Morgan fingerprint density at radius 1 is 1.03 bits per heavy atom. The zero-order valence-corrected chi connectivity index (χ0v) is 18.7. The summed E-state index contributed by atoms with van der Waals surface area (Å²) >= 11 is 0. The van der Waals surface area contributed by atoms with Crippen molar-refractivity contribution in [1.82, 2.24) is 9.80 Å². The number of benzene rings is 2. The third-order valence-corrected chi connectivity index (χ3v) is 7.01. The maximum atomic E-state index is 13.6. The number of rotatable bonds is 6. The third-order valence-electron chi connectivity index (χ3n) is 7.01. The Morgan fingerprint density at radius 3 is 2.59 bits per heavy atom. The molecule has 0 N–H and O–H groups in total. The Hall–Kier alpha value is -2.86. The fourth-order valence-electron chi connectivity index (χ4n) is 5.14. The summed E-state index contributed by atoms with van der Waals surface area (Å²) in [6, 6.07) is 18.8. The van der Waals surface area contributed by atoms with Crippen molar-refractivity contribution >= 4 is 17.5 Å². The highest BCUT2D eigenvalue weighted by atomic mass is 16.5. The highest BCUT2D eigenvalue weighted by Crippen LogP contribution is 2.32. The van der Waals surface area contributed by atoms with Gasteiger partial charge in [-0.1, -0.05) is 36.4 Å². The Bertz CT molecular complexity index is 975. The van der Waals surface area contributed by atoms with E-state index in [4.69, 9.17) is 4.74 Å². The maximum absolute atomic E-state index is 13.6. The summed E-state index contributed by atoms with van der Waals surface area (Å²) in [5.41, 5.74) is 2.05.